The molecular formula is C22H29ClN2O4S. The minimum absolute atomic E-state index is 0.0423. The molecule has 8 heteroatoms. The Hall–Kier alpha value is -2.25. The van der Waals surface area contributed by atoms with E-state index in [2.05, 4.69) is 26.1 Å². The first-order valence-corrected chi connectivity index (χ1v) is 11.8. The normalized spacial score (nSPS) is 12.9. The third kappa shape index (κ3) is 6.12. The number of methoxy groups -OCH3 is 1. The van der Waals surface area contributed by atoms with Gasteiger partial charge in [-0.05, 0) is 41.7 Å². The van der Waals surface area contributed by atoms with Crippen LogP contribution in [0.2, 0.25) is 5.02 Å². The number of anilines is 1. The Balaban J connectivity index is 2.15. The van der Waals surface area contributed by atoms with Gasteiger partial charge in [0, 0.05) is 0 Å². The predicted octanol–water partition coefficient (Wildman–Crippen LogP) is 4.29. The topological polar surface area (TPSA) is 75.7 Å². The summed E-state index contributed by atoms with van der Waals surface area (Å²) in [6.45, 7) is 7.92. The van der Waals surface area contributed by atoms with Crippen LogP contribution in [0.25, 0.3) is 0 Å². The van der Waals surface area contributed by atoms with Crippen molar-refractivity contribution in [3.63, 3.8) is 0 Å². The summed E-state index contributed by atoms with van der Waals surface area (Å²) < 4.78 is 30.7. The van der Waals surface area contributed by atoms with Crippen molar-refractivity contribution in [1.29, 1.82) is 0 Å². The van der Waals surface area contributed by atoms with Crippen molar-refractivity contribution in [3.8, 4) is 5.75 Å². The lowest BCUT2D eigenvalue weighted by Crippen LogP contribution is -2.41. The number of sulfonamides is 1. The maximum absolute atomic E-state index is 12.6. The average Bonchev–Trinajstić information content (AvgIpc) is 2.64. The van der Waals surface area contributed by atoms with E-state index in [0.717, 1.165) is 16.1 Å². The number of carbonyl (C=O) groups is 1. The molecule has 0 heterocycles. The molecule has 1 unspecified atom stereocenters. The number of rotatable bonds is 7. The lowest BCUT2D eigenvalue weighted by Gasteiger charge is -2.24. The van der Waals surface area contributed by atoms with Crippen LogP contribution in [0.4, 0.5) is 5.69 Å². The molecule has 0 saturated carbocycles. The Morgan fingerprint density at radius 2 is 1.77 bits per heavy atom. The molecular weight excluding hydrogens is 424 g/mol. The molecule has 164 valence electrons. The molecule has 1 N–H and O–H groups in total. The Kier molecular flexibility index (Phi) is 7.42. The summed E-state index contributed by atoms with van der Waals surface area (Å²) >= 11 is 6.12. The highest BCUT2D eigenvalue weighted by molar-refractivity contribution is 7.92. The first-order valence-electron chi connectivity index (χ1n) is 9.54. The van der Waals surface area contributed by atoms with E-state index in [-0.39, 0.29) is 23.0 Å². The van der Waals surface area contributed by atoms with Crippen molar-refractivity contribution in [3.05, 3.63) is 58.6 Å². The first kappa shape index (κ1) is 24.0. The molecule has 30 heavy (non-hydrogen) atoms. The lowest BCUT2D eigenvalue weighted by atomic mass is 9.86. The number of amides is 1. The van der Waals surface area contributed by atoms with Crippen LogP contribution in [0.15, 0.2) is 42.5 Å². The van der Waals surface area contributed by atoms with E-state index in [9.17, 15) is 13.2 Å². The average molecular weight is 453 g/mol. The van der Waals surface area contributed by atoms with Crippen LogP contribution in [-0.4, -0.2) is 34.2 Å². The number of ether oxygens (including phenoxy) is 1. The largest absolute Gasteiger partial charge is 0.495 e. The van der Waals surface area contributed by atoms with Gasteiger partial charge in [0.15, 0.2) is 0 Å². The fraction of sp³-hybridized carbons (Fsp3) is 0.409. The van der Waals surface area contributed by atoms with Gasteiger partial charge in [-0.1, -0.05) is 56.6 Å². The number of benzene rings is 2. The van der Waals surface area contributed by atoms with E-state index < -0.39 is 15.9 Å². The highest BCUT2D eigenvalue weighted by Gasteiger charge is 2.23. The molecule has 2 aromatic rings. The van der Waals surface area contributed by atoms with Crippen molar-refractivity contribution >= 4 is 33.2 Å². The van der Waals surface area contributed by atoms with Gasteiger partial charge in [-0.3, -0.25) is 9.10 Å². The molecule has 1 atom stereocenters. The number of halogens is 1. The summed E-state index contributed by atoms with van der Waals surface area (Å²) in [5.74, 6) is 0.00501. The zero-order valence-corrected chi connectivity index (χ0v) is 19.8. The molecule has 0 aliphatic carbocycles. The van der Waals surface area contributed by atoms with Crippen molar-refractivity contribution in [2.45, 2.75) is 39.2 Å². The number of hydrogen-bond acceptors (Lipinski definition) is 4. The molecule has 6 nitrogen and oxygen atoms in total. The summed E-state index contributed by atoms with van der Waals surface area (Å²) in [5, 5.41) is 3.12. The van der Waals surface area contributed by atoms with Crippen molar-refractivity contribution in [2.24, 2.45) is 0 Å². The van der Waals surface area contributed by atoms with Crippen LogP contribution in [-0.2, 0) is 20.2 Å². The van der Waals surface area contributed by atoms with Crippen LogP contribution in [0, 0.1) is 0 Å². The van der Waals surface area contributed by atoms with Gasteiger partial charge in [0.05, 0.1) is 30.1 Å². The van der Waals surface area contributed by atoms with Gasteiger partial charge in [-0.15, -0.1) is 0 Å². The van der Waals surface area contributed by atoms with Gasteiger partial charge >= 0.3 is 0 Å². The molecule has 0 spiro atoms. The van der Waals surface area contributed by atoms with Gasteiger partial charge < -0.3 is 10.1 Å². The fourth-order valence-corrected chi connectivity index (χ4v) is 4.08. The molecule has 2 rings (SSSR count). The smallest absolute Gasteiger partial charge is 0.241 e. The zero-order valence-electron chi connectivity index (χ0n) is 18.2. The zero-order chi connectivity index (χ0) is 22.7. The number of nitrogens with one attached hydrogen (secondary N) is 1. The number of hydrogen-bond donors (Lipinski definition) is 1. The van der Waals surface area contributed by atoms with E-state index >= 15 is 0 Å². The van der Waals surface area contributed by atoms with Crippen LogP contribution < -0.4 is 14.4 Å². The Labute approximate surface area is 184 Å². The van der Waals surface area contributed by atoms with Gasteiger partial charge in [0.2, 0.25) is 15.9 Å². The third-order valence-corrected chi connectivity index (χ3v) is 6.20. The number of nitrogens with zero attached hydrogens (tertiary/aromatic N) is 1. The Morgan fingerprint density at radius 3 is 2.23 bits per heavy atom. The highest BCUT2D eigenvalue weighted by atomic mass is 35.5. The van der Waals surface area contributed by atoms with Crippen LogP contribution in [0.1, 0.15) is 44.9 Å². The van der Waals surface area contributed by atoms with Crippen molar-refractivity contribution in [1.82, 2.24) is 5.32 Å². The van der Waals surface area contributed by atoms with Crippen LogP contribution >= 0.6 is 11.6 Å². The summed E-state index contributed by atoms with van der Waals surface area (Å²) in [6, 6.07) is 12.3. The minimum atomic E-state index is -3.70. The summed E-state index contributed by atoms with van der Waals surface area (Å²) in [6.07, 6.45) is 1.05. The molecule has 0 radical (unpaired) electrons. The highest BCUT2D eigenvalue weighted by Crippen LogP contribution is 2.30. The van der Waals surface area contributed by atoms with Gasteiger partial charge in [-0.25, -0.2) is 8.42 Å². The van der Waals surface area contributed by atoms with Gasteiger partial charge in [-0.2, -0.15) is 0 Å². The lowest BCUT2D eigenvalue weighted by molar-refractivity contribution is -0.120. The van der Waals surface area contributed by atoms with E-state index in [1.54, 1.807) is 12.1 Å². The van der Waals surface area contributed by atoms with Crippen molar-refractivity contribution < 1.29 is 17.9 Å². The van der Waals surface area contributed by atoms with Gasteiger partial charge in [0.25, 0.3) is 0 Å². The molecule has 0 fully saturated rings. The molecule has 1 amide bonds. The van der Waals surface area contributed by atoms with Crippen molar-refractivity contribution in [2.75, 3.05) is 24.2 Å². The second-order valence-electron chi connectivity index (χ2n) is 8.25. The standard InChI is InChI=1S/C22H29ClN2O4S/c1-15(16-7-9-17(10-8-16)22(2,3)4)24-21(26)14-25(30(6,27)28)18-11-12-20(29-5)19(23)13-18/h7-13,15H,14H2,1-6H3,(H,24,26). The summed E-state index contributed by atoms with van der Waals surface area (Å²) in [4.78, 5) is 12.6. The van der Waals surface area contributed by atoms with E-state index in [1.165, 1.54) is 18.7 Å². The fourth-order valence-electron chi connectivity index (χ4n) is 2.98. The first-order chi connectivity index (χ1) is 13.8. The third-order valence-electron chi connectivity index (χ3n) is 4.77. The minimum Gasteiger partial charge on any atom is -0.495 e. The van der Waals surface area contributed by atoms with Crippen LogP contribution in [0.3, 0.4) is 0 Å². The van der Waals surface area contributed by atoms with E-state index in [0.29, 0.717) is 11.4 Å². The SMILES string of the molecule is COc1ccc(N(CC(=O)NC(C)c2ccc(C(C)(C)C)cc2)S(C)(=O)=O)cc1Cl. The quantitative estimate of drug-likeness (QED) is 0.679. The molecule has 0 aliphatic rings. The maximum atomic E-state index is 12.6. The van der Waals surface area contributed by atoms with Crippen LogP contribution in [0.5, 0.6) is 5.75 Å². The van der Waals surface area contributed by atoms with Gasteiger partial charge in [0.1, 0.15) is 12.3 Å². The molecule has 2 aromatic carbocycles. The molecule has 0 saturated heterocycles. The summed E-state index contributed by atoms with van der Waals surface area (Å²) in [5.41, 5.74) is 2.47. The van der Waals surface area contributed by atoms with E-state index in [4.69, 9.17) is 16.3 Å². The summed E-state index contributed by atoms with van der Waals surface area (Å²) in [7, 11) is -2.23. The molecule has 0 aliphatic heterocycles. The Morgan fingerprint density at radius 1 is 1.17 bits per heavy atom. The Bertz CT molecular complexity index is 999. The maximum Gasteiger partial charge on any atom is 0.241 e. The second-order valence-corrected chi connectivity index (χ2v) is 10.6. The van der Waals surface area contributed by atoms with E-state index in [1.807, 2.05) is 31.2 Å². The monoisotopic (exact) mass is 452 g/mol. The molecule has 0 bridgehead atoms. The number of carbonyl (C=O) groups excluding carboxylic acids is 1. The second kappa shape index (κ2) is 9.27. The predicted molar refractivity (Wildman–Crippen MR) is 122 cm³/mol. The molecule has 0 aromatic heterocycles.